The fraction of sp³-hybridized carbons (Fsp3) is 0.667. The van der Waals surface area contributed by atoms with Crippen molar-refractivity contribution in [3.05, 3.63) is 12.7 Å². The molecule has 6 heteroatoms. The Morgan fingerprint density at radius 3 is 2.38 bits per heavy atom. The number of hydrogen-bond donors (Lipinski definition) is 0. The molecule has 1 aliphatic rings. The zero-order valence-corrected chi connectivity index (χ0v) is 13.0. The van der Waals surface area contributed by atoms with Crippen molar-refractivity contribution in [3.63, 3.8) is 0 Å². The van der Waals surface area contributed by atoms with Crippen molar-refractivity contribution in [1.29, 1.82) is 0 Å². The van der Waals surface area contributed by atoms with Gasteiger partial charge in [0, 0.05) is 6.04 Å². The van der Waals surface area contributed by atoms with E-state index >= 15 is 0 Å². The van der Waals surface area contributed by atoms with E-state index < -0.39 is 29.5 Å². The SMILES string of the molecule is C=CCC1CC[C@@H](C(=O)OC(C)(C)C)N1C(=O)C(=O)OC. The largest absolute Gasteiger partial charge is 0.462 e. The molecule has 0 radical (unpaired) electrons. The molecule has 6 nitrogen and oxygen atoms in total. The molecule has 21 heavy (non-hydrogen) atoms. The van der Waals surface area contributed by atoms with Crippen molar-refractivity contribution in [1.82, 2.24) is 4.90 Å². The van der Waals surface area contributed by atoms with E-state index in [-0.39, 0.29) is 6.04 Å². The molecule has 0 aromatic rings. The minimum atomic E-state index is -0.973. The molecular formula is C15H23NO5. The van der Waals surface area contributed by atoms with Gasteiger partial charge in [0.05, 0.1) is 7.11 Å². The second kappa shape index (κ2) is 6.74. The molecule has 0 aromatic carbocycles. The van der Waals surface area contributed by atoms with Crippen LogP contribution in [-0.2, 0) is 23.9 Å². The summed E-state index contributed by atoms with van der Waals surface area (Å²) in [6, 6.07) is -0.979. The van der Waals surface area contributed by atoms with E-state index in [4.69, 9.17) is 4.74 Å². The Labute approximate surface area is 125 Å². The van der Waals surface area contributed by atoms with Crippen LogP contribution in [0.3, 0.4) is 0 Å². The van der Waals surface area contributed by atoms with Gasteiger partial charge < -0.3 is 14.4 Å². The van der Waals surface area contributed by atoms with Gasteiger partial charge in [-0.3, -0.25) is 4.79 Å². The fourth-order valence-electron chi connectivity index (χ4n) is 2.41. The average Bonchev–Trinajstić information content (AvgIpc) is 2.79. The van der Waals surface area contributed by atoms with E-state index in [1.165, 1.54) is 4.90 Å². The molecule has 0 bridgehead atoms. The standard InChI is InChI=1S/C15H23NO5/c1-6-7-10-8-9-11(13(18)21-15(2,3)4)16(10)12(17)14(19)20-5/h6,10-11H,1,7-9H2,2-5H3/t10?,11-/m0/s1. The van der Waals surface area contributed by atoms with Crippen LogP contribution in [0.2, 0.25) is 0 Å². The van der Waals surface area contributed by atoms with Gasteiger partial charge in [-0.2, -0.15) is 0 Å². The number of methoxy groups -OCH3 is 1. The highest BCUT2D eigenvalue weighted by Crippen LogP contribution is 2.29. The lowest BCUT2D eigenvalue weighted by atomic mass is 10.1. The van der Waals surface area contributed by atoms with Gasteiger partial charge in [0.25, 0.3) is 0 Å². The molecule has 1 fully saturated rings. The van der Waals surface area contributed by atoms with Gasteiger partial charge in [0.15, 0.2) is 0 Å². The molecule has 1 rings (SSSR count). The summed E-state index contributed by atoms with van der Waals surface area (Å²) in [6.07, 6.45) is 3.27. The van der Waals surface area contributed by atoms with Gasteiger partial charge in [-0.25, -0.2) is 9.59 Å². The normalized spacial score (nSPS) is 21.8. The molecule has 0 spiro atoms. The molecule has 1 saturated heterocycles. The van der Waals surface area contributed by atoms with Gasteiger partial charge in [-0.15, -0.1) is 6.58 Å². The maximum atomic E-state index is 12.2. The Hall–Kier alpha value is -1.85. The lowest BCUT2D eigenvalue weighted by Crippen LogP contribution is -2.49. The van der Waals surface area contributed by atoms with Crippen LogP contribution in [0.25, 0.3) is 0 Å². The smallest absolute Gasteiger partial charge is 0.396 e. The van der Waals surface area contributed by atoms with E-state index in [9.17, 15) is 14.4 Å². The Balaban J connectivity index is 2.96. The Bertz CT molecular complexity index is 438. The summed E-state index contributed by atoms with van der Waals surface area (Å²) < 4.78 is 9.80. The van der Waals surface area contributed by atoms with Crippen molar-refractivity contribution in [3.8, 4) is 0 Å². The second-order valence-corrected chi connectivity index (χ2v) is 6.01. The molecule has 0 aromatic heterocycles. The van der Waals surface area contributed by atoms with E-state index in [2.05, 4.69) is 11.3 Å². The number of ether oxygens (including phenoxy) is 2. The van der Waals surface area contributed by atoms with Crippen LogP contribution in [0.5, 0.6) is 0 Å². The summed E-state index contributed by atoms with van der Waals surface area (Å²) in [5.41, 5.74) is -0.645. The van der Waals surface area contributed by atoms with E-state index in [1.807, 2.05) is 0 Å². The number of rotatable bonds is 3. The number of likely N-dealkylation sites (tertiary alicyclic amines) is 1. The first-order chi connectivity index (χ1) is 9.71. The Morgan fingerprint density at radius 1 is 1.29 bits per heavy atom. The number of hydrogen-bond acceptors (Lipinski definition) is 5. The van der Waals surface area contributed by atoms with Crippen LogP contribution in [0.4, 0.5) is 0 Å². The second-order valence-electron chi connectivity index (χ2n) is 6.01. The fourth-order valence-corrected chi connectivity index (χ4v) is 2.41. The average molecular weight is 297 g/mol. The minimum Gasteiger partial charge on any atom is -0.462 e. The van der Waals surface area contributed by atoms with Crippen molar-refractivity contribution in [2.24, 2.45) is 0 Å². The molecule has 118 valence electrons. The third kappa shape index (κ3) is 4.31. The van der Waals surface area contributed by atoms with Crippen LogP contribution >= 0.6 is 0 Å². The number of nitrogens with zero attached hydrogens (tertiary/aromatic N) is 1. The van der Waals surface area contributed by atoms with Crippen LogP contribution in [0.15, 0.2) is 12.7 Å². The van der Waals surface area contributed by atoms with Crippen LogP contribution in [-0.4, -0.2) is 47.5 Å². The monoisotopic (exact) mass is 297 g/mol. The van der Waals surface area contributed by atoms with Gasteiger partial charge in [0.2, 0.25) is 0 Å². The van der Waals surface area contributed by atoms with Gasteiger partial charge in [-0.05, 0) is 40.0 Å². The predicted octanol–water partition coefficient (Wildman–Crippen LogP) is 1.44. The van der Waals surface area contributed by atoms with Gasteiger partial charge in [-0.1, -0.05) is 6.08 Å². The molecule has 1 aliphatic heterocycles. The van der Waals surface area contributed by atoms with Crippen LogP contribution in [0, 0.1) is 0 Å². The van der Waals surface area contributed by atoms with E-state index in [1.54, 1.807) is 26.8 Å². The highest BCUT2D eigenvalue weighted by atomic mass is 16.6. The minimum absolute atomic E-state index is 0.230. The molecule has 0 saturated carbocycles. The lowest BCUT2D eigenvalue weighted by molar-refractivity contribution is -0.168. The number of esters is 2. The summed E-state index contributed by atoms with van der Waals surface area (Å²) in [5, 5.41) is 0. The van der Waals surface area contributed by atoms with Crippen LogP contribution in [0.1, 0.15) is 40.0 Å². The summed E-state index contributed by atoms with van der Waals surface area (Å²) in [5.74, 6) is -2.27. The van der Waals surface area contributed by atoms with E-state index in [0.29, 0.717) is 19.3 Å². The first-order valence-corrected chi connectivity index (χ1v) is 6.95. The van der Waals surface area contributed by atoms with E-state index in [0.717, 1.165) is 7.11 Å². The molecule has 2 atom stereocenters. The highest BCUT2D eigenvalue weighted by Gasteiger charge is 2.44. The summed E-state index contributed by atoms with van der Waals surface area (Å²) >= 11 is 0. The van der Waals surface area contributed by atoms with Gasteiger partial charge in [0.1, 0.15) is 11.6 Å². The number of carbonyl (C=O) groups excluding carboxylic acids is 3. The summed E-state index contributed by atoms with van der Waals surface area (Å²) in [6.45, 7) is 8.91. The van der Waals surface area contributed by atoms with Crippen molar-refractivity contribution in [2.75, 3.05) is 7.11 Å². The third-order valence-electron chi connectivity index (χ3n) is 3.21. The first kappa shape index (κ1) is 17.2. The van der Waals surface area contributed by atoms with Crippen molar-refractivity contribution in [2.45, 2.75) is 57.7 Å². The third-order valence-corrected chi connectivity index (χ3v) is 3.21. The molecule has 0 aliphatic carbocycles. The highest BCUT2D eigenvalue weighted by molar-refractivity contribution is 6.32. The Morgan fingerprint density at radius 2 is 1.90 bits per heavy atom. The summed E-state index contributed by atoms with van der Waals surface area (Å²) in [7, 11) is 1.14. The Kier molecular flexibility index (Phi) is 5.52. The van der Waals surface area contributed by atoms with Crippen LogP contribution < -0.4 is 0 Å². The predicted molar refractivity (Wildman–Crippen MR) is 76.3 cm³/mol. The topological polar surface area (TPSA) is 72.9 Å². The zero-order valence-electron chi connectivity index (χ0n) is 13.0. The molecule has 1 amide bonds. The first-order valence-electron chi connectivity index (χ1n) is 6.95. The molecule has 1 unspecified atom stereocenters. The maximum absolute atomic E-state index is 12.2. The zero-order chi connectivity index (χ0) is 16.2. The van der Waals surface area contributed by atoms with Crippen molar-refractivity contribution < 1.29 is 23.9 Å². The van der Waals surface area contributed by atoms with Gasteiger partial charge >= 0.3 is 17.8 Å². The number of amides is 1. The summed E-state index contributed by atoms with van der Waals surface area (Å²) in [4.78, 5) is 37.2. The van der Waals surface area contributed by atoms with Crippen molar-refractivity contribution >= 4 is 17.8 Å². The molecular weight excluding hydrogens is 274 g/mol. The number of carbonyl (C=O) groups is 3. The quantitative estimate of drug-likeness (QED) is 0.448. The lowest BCUT2D eigenvalue weighted by Gasteiger charge is -2.30. The maximum Gasteiger partial charge on any atom is 0.396 e. The molecule has 1 heterocycles. The molecule has 0 N–H and O–H groups in total.